The maximum atomic E-state index is 13.7. The van der Waals surface area contributed by atoms with Gasteiger partial charge in [0.05, 0.1) is 22.0 Å². The van der Waals surface area contributed by atoms with Gasteiger partial charge in [-0.1, -0.05) is 73.2 Å². The number of amides is 2. The summed E-state index contributed by atoms with van der Waals surface area (Å²) in [6, 6.07) is 8.30. The van der Waals surface area contributed by atoms with Gasteiger partial charge < -0.3 is 10.2 Å². The third-order valence-corrected chi connectivity index (χ3v) is 7.54. The fourth-order valence-electron chi connectivity index (χ4n) is 3.47. The molecule has 0 heterocycles. The number of benzene rings is 2. The third-order valence-electron chi connectivity index (χ3n) is 5.22. The van der Waals surface area contributed by atoms with Crippen LogP contribution in [0.3, 0.4) is 0 Å². The van der Waals surface area contributed by atoms with Gasteiger partial charge in [0.15, 0.2) is 0 Å². The van der Waals surface area contributed by atoms with Crippen LogP contribution >= 0.6 is 46.4 Å². The molecule has 0 fully saturated rings. The molecule has 2 aromatic rings. The monoisotopic (exact) mass is 595 g/mol. The number of halogens is 4. The van der Waals surface area contributed by atoms with E-state index in [4.69, 9.17) is 46.4 Å². The molecule has 0 saturated heterocycles. The highest BCUT2D eigenvalue weighted by Crippen LogP contribution is 2.28. The molecule has 12 heteroatoms. The standard InChI is InChI=1S/C24H29Cl4N3O4S/c1-5-22(24(33)29-12-15(2)3)30(13-16-6-7-20(27)21(28)8-16)23(32)14-31(36(4,34)35)19-10-17(25)9-18(26)11-19/h6-11,15,22H,5,12-14H2,1-4H3,(H,29,33)/t22-/m0/s1. The highest BCUT2D eigenvalue weighted by atomic mass is 35.5. The van der Waals surface area contributed by atoms with Crippen LogP contribution in [0.15, 0.2) is 36.4 Å². The van der Waals surface area contributed by atoms with Gasteiger partial charge in [-0.05, 0) is 48.2 Å². The zero-order valence-corrected chi connectivity index (χ0v) is 24.2. The first-order chi connectivity index (χ1) is 16.7. The van der Waals surface area contributed by atoms with Gasteiger partial charge in [0.1, 0.15) is 12.6 Å². The molecule has 0 aromatic heterocycles. The number of anilines is 1. The molecule has 1 atom stereocenters. The zero-order valence-electron chi connectivity index (χ0n) is 20.4. The van der Waals surface area contributed by atoms with Crippen LogP contribution in [-0.4, -0.2) is 50.5 Å². The number of carbonyl (C=O) groups excluding carboxylic acids is 2. The summed E-state index contributed by atoms with van der Waals surface area (Å²) < 4.78 is 26.2. The predicted octanol–water partition coefficient (Wildman–Crippen LogP) is 5.65. The number of nitrogens with zero attached hydrogens (tertiary/aromatic N) is 2. The van der Waals surface area contributed by atoms with Crippen molar-refractivity contribution in [2.75, 3.05) is 23.7 Å². The number of rotatable bonds is 11. The Morgan fingerprint density at radius 2 is 1.58 bits per heavy atom. The number of sulfonamides is 1. The van der Waals surface area contributed by atoms with Gasteiger partial charge in [0.2, 0.25) is 21.8 Å². The Balaban J connectivity index is 2.48. The average molecular weight is 597 g/mol. The highest BCUT2D eigenvalue weighted by Gasteiger charge is 2.32. The largest absolute Gasteiger partial charge is 0.354 e. The summed E-state index contributed by atoms with van der Waals surface area (Å²) in [4.78, 5) is 28.1. The molecular formula is C24H29Cl4N3O4S. The zero-order chi connectivity index (χ0) is 27.2. The number of carbonyl (C=O) groups is 2. The van der Waals surface area contributed by atoms with Crippen molar-refractivity contribution in [3.05, 3.63) is 62.1 Å². The molecular weight excluding hydrogens is 568 g/mol. The maximum Gasteiger partial charge on any atom is 0.244 e. The summed E-state index contributed by atoms with van der Waals surface area (Å²) >= 11 is 24.3. The molecule has 0 aliphatic carbocycles. The molecule has 0 unspecified atom stereocenters. The van der Waals surface area contributed by atoms with Crippen molar-refractivity contribution in [3.8, 4) is 0 Å². The summed E-state index contributed by atoms with van der Waals surface area (Å²) in [5, 5.41) is 3.93. The molecule has 2 amide bonds. The summed E-state index contributed by atoms with van der Waals surface area (Å²) in [6.45, 7) is 5.57. The minimum atomic E-state index is -3.91. The van der Waals surface area contributed by atoms with Crippen molar-refractivity contribution in [2.45, 2.75) is 39.8 Å². The molecule has 0 aliphatic rings. The van der Waals surface area contributed by atoms with Crippen molar-refractivity contribution in [1.29, 1.82) is 0 Å². The number of nitrogens with one attached hydrogen (secondary N) is 1. The van der Waals surface area contributed by atoms with Crippen LogP contribution in [0.4, 0.5) is 5.69 Å². The molecule has 0 spiro atoms. The Bertz CT molecular complexity index is 1190. The van der Waals surface area contributed by atoms with E-state index in [9.17, 15) is 18.0 Å². The summed E-state index contributed by atoms with van der Waals surface area (Å²) in [6.07, 6.45) is 1.28. The van der Waals surface area contributed by atoms with Gasteiger partial charge in [-0.3, -0.25) is 13.9 Å². The first kappa shape index (κ1) is 30.5. The van der Waals surface area contributed by atoms with E-state index in [0.29, 0.717) is 28.6 Å². The van der Waals surface area contributed by atoms with Gasteiger partial charge in [0.25, 0.3) is 0 Å². The van der Waals surface area contributed by atoms with E-state index in [2.05, 4.69) is 5.32 Å². The van der Waals surface area contributed by atoms with E-state index in [1.54, 1.807) is 25.1 Å². The van der Waals surface area contributed by atoms with Crippen LogP contribution in [0.1, 0.15) is 32.8 Å². The Kier molecular flexibility index (Phi) is 11.2. The molecule has 0 bridgehead atoms. The lowest BCUT2D eigenvalue weighted by Crippen LogP contribution is -2.52. The van der Waals surface area contributed by atoms with E-state index in [-0.39, 0.29) is 34.1 Å². The Morgan fingerprint density at radius 3 is 2.08 bits per heavy atom. The fourth-order valence-corrected chi connectivity index (χ4v) is 5.14. The van der Waals surface area contributed by atoms with Crippen molar-refractivity contribution in [2.24, 2.45) is 5.92 Å². The Hall–Kier alpha value is -1.71. The molecule has 2 rings (SSSR count). The molecule has 198 valence electrons. The highest BCUT2D eigenvalue weighted by molar-refractivity contribution is 7.92. The number of hydrogen-bond donors (Lipinski definition) is 1. The van der Waals surface area contributed by atoms with Gasteiger partial charge in [-0.25, -0.2) is 8.42 Å². The lowest BCUT2D eigenvalue weighted by atomic mass is 10.1. The van der Waals surface area contributed by atoms with Crippen LogP contribution in [0.2, 0.25) is 20.1 Å². The minimum Gasteiger partial charge on any atom is -0.354 e. The second-order valence-corrected chi connectivity index (χ2v) is 12.3. The van der Waals surface area contributed by atoms with Crippen LogP contribution < -0.4 is 9.62 Å². The lowest BCUT2D eigenvalue weighted by Gasteiger charge is -2.33. The Morgan fingerprint density at radius 1 is 0.972 bits per heavy atom. The van der Waals surface area contributed by atoms with Gasteiger partial charge >= 0.3 is 0 Å². The maximum absolute atomic E-state index is 13.7. The van der Waals surface area contributed by atoms with Crippen molar-refractivity contribution in [3.63, 3.8) is 0 Å². The quantitative estimate of drug-likeness (QED) is 0.363. The smallest absolute Gasteiger partial charge is 0.244 e. The number of hydrogen-bond acceptors (Lipinski definition) is 4. The first-order valence-electron chi connectivity index (χ1n) is 11.2. The van der Waals surface area contributed by atoms with E-state index in [0.717, 1.165) is 10.6 Å². The normalized spacial score (nSPS) is 12.4. The van der Waals surface area contributed by atoms with Crippen LogP contribution in [0.5, 0.6) is 0 Å². The third kappa shape index (κ3) is 8.70. The van der Waals surface area contributed by atoms with E-state index < -0.39 is 28.5 Å². The molecule has 36 heavy (non-hydrogen) atoms. The average Bonchev–Trinajstić information content (AvgIpc) is 2.76. The van der Waals surface area contributed by atoms with Gasteiger partial charge in [0, 0.05) is 23.1 Å². The SMILES string of the molecule is CC[C@@H](C(=O)NCC(C)C)N(Cc1ccc(Cl)c(Cl)c1)C(=O)CN(c1cc(Cl)cc(Cl)c1)S(C)(=O)=O. The van der Waals surface area contributed by atoms with Gasteiger partial charge in [-0.2, -0.15) is 0 Å². The summed E-state index contributed by atoms with van der Waals surface area (Å²) in [7, 11) is -3.91. The van der Waals surface area contributed by atoms with Crippen molar-refractivity contribution < 1.29 is 18.0 Å². The van der Waals surface area contributed by atoms with Crippen LogP contribution in [-0.2, 0) is 26.2 Å². The lowest BCUT2D eigenvalue weighted by molar-refractivity contribution is -0.140. The topological polar surface area (TPSA) is 86.8 Å². The molecule has 1 N–H and O–H groups in total. The van der Waals surface area contributed by atoms with E-state index in [1.807, 2.05) is 13.8 Å². The van der Waals surface area contributed by atoms with Crippen LogP contribution in [0, 0.1) is 5.92 Å². The second kappa shape index (κ2) is 13.2. The molecule has 7 nitrogen and oxygen atoms in total. The Labute approximate surface area is 232 Å². The summed E-state index contributed by atoms with van der Waals surface area (Å²) in [5.74, 6) is -0.718. The van der Waals surface area contributed by atoms with E-state index >= 15 is 0 Å². The fraction of sp³-hybridized carbons (Fsp3) is 0.417. The van der Waals surface area contributed by atoms with Gasteiger partial charge in [-0.15, -0.1) is 0 Å². The van der Waals surface area contributed by atoms with Crippen molar-refractivity contribution >= 4 is 73.9 Å². The molecule has 0 saturated carbocycles. The first-order valence-corrected chi connectivity index (χ1v) is 14.5. The minimum absolute atomic E-state index is 0.0111. The molecule has 0 aliphatic heterocycles. The molecule has 0 radical (unpaired) electrons. The van der Waals surface area contributed by atoms with Crippen LogP contribution in [0.25, 0.3) is 0 Å². The van der Waals surface area contributed by atoms with E-state index in [1.165, 1.54) is 23.1 Å². The molecule has 2 aromatic carbocycles. The summed E-state index contributed by atoms with van der Waals surface area (Å²) in [5.41, 5.74) is 0.764. The van der Waals surface area contributed by atoms with Crippen molar-refractivity contribution in [1.82, 2.24) is 10.2 Å². The predicted molar refractivity (Wildman–Crippen MR) is 148 cm³/mol. The second-order valence-electron chi connectivity index (χ2n) is 8.73.